The lowest BCUT2D eigenvalue weighted by Gasteiger charge is -2.32. The molecule has 238 valence electrons. The van der Waals surface area contributed by atoms with Gasteiger partial charge in [-0.25, -0.2) is 4.98 Å². The second-order valence-corrected chi connectivity index (χ2v) is 15.6. The minimum absolute atomic E-state index is 0. The molecule has 7 heteroatoms. The van der Waals surface area contributed by atoms with Crippen LogP contribution in [0.3, 0.4) is 0 Å². The molecule has 0 aliphatic carbocycles. The summed E-state index contributed by atoms with van der Waals surface area (Å²) >= 11 is 0. The van der Waals surface area contributed by atoms with Gasteiger partial charge in [-0.2, -0.15) is 0 Å². The molecule has 40 heavy (non-hydrogen) atoms. The number of hydrogen-bond donors (Lipinski definition) is 0. The molecular formula is C33H68N4O3. The van der Waals surface area contributed by atoms with Gasteiger partial charge in [0, 0.05) is 51.7 Å². The summed E-state index contributed by atoms with van der Waals surface area (Å²) in [4.78, 5) is 8.90. The number of aryl methyl sites for hydroxylation is 1. The van der Waals surface area contributed by atoms with Gasteiger partial charge in [0.25, 0.3) is 0 Å². The Morgan fingerprint density at radius 1 is 0.825 bits per heavy atom. The second kappa shape index (κ2) is 17.8. The number of ether oxygens (including phenoxy) is 3. The van der Waals surface area contributed by atoms with Crippen LogP contribution in [-0.2, 0) is 20.8 Å². The summed E-state index contributed by atoms with van der Waals surface area (Å²) in [6, 6.07) is 0. The average Bonchev–Trinajstić information content (AvgIpc) is 3.46. The Labute approximate surface area is 249 Å². The SMILES string of the molecule is C.CC(C)(C)CN(CCC1CCCO1)COC(C)(C)C.CC(C)(C)CN(CCCn1ccnc1)COC(C)(C)C. The van der Waals surface area contributed by atoms with Gasteiger partial charge in [0.05, 0.1) is 37.1 Å². The Bertz CT molecular complexity index is 734. The van der Waals surface area contributed by atoms with Crippen molar-refractivity contribution >= 4 is 0 Å². The van der Waals surface area contributed by atoms with E-state index in [1.165, 1.54) is 12.8 Å². The zero-order chi connectivity index (χ0) is 29.7. The van der Waals surface area contributed by atoms with E-state index in [1.54, 1.807) is 0 Å². The molecule has 0 radical (unpaired) electrons. The lowest BCUT2D eigenvalue weighted by atomic mass is 9.96. The minimum Gasteiger partial charge on any atom is -0.378 e. The summed E-state index contributed by atoms with van der Waals surface area (Å²) < 4.78 is 19.7. The predicted molar refractivity (Wildman–Crippen MR) is 171 cm³/mol. The molecule has 0 amide bonds. The summed E-state index contributed by atoms with van der Waals surface area (Å²) in [5.41, 5.74) is 0.439. The van der Waals surface area contributed by atoms with E-state index in [4.69, 9.17) is 14.2 Å². The fourth-order valence-electron chi connectivity index (χ4n) is 4.38. The van der Waals surface area contributed by atoms with Gasteiger partial charge >= 0.3 is 0 Å². The summed E-state index contributed by atoms with van der Waals surface area (Å²) in [5, 5.41) is 0. The standard InChI is InChI=1S/C16H31N3O.C16H33NO2.CH4/c1-15(2,3)12-19(14-20-16(4,5)6)10-7-9-18-11-8-17-13-18;1-15(2,3)12-17(13-19-16(4,5)6)10-9-14-8-7-11-18-14;/h8,11,13H,7,9-10,12,14H2,1-6H3;14H,7-13H2,1-6H3;1H4. The number of aromatic nitrogens is 2. The number of rotatable bonds is 13. The van der Waals surface area contributed by atoms with Crippen LogP contribution in [0.15, 0.2) is 18.7 Å². The van der Waals surface area contributed by atoms with E-state index in [0.29, 0.717) is 25.0 Å². The third kappa shape index (κ3) is 22.7. The molecule has 1 unspecified atom stereocenters. The third-order valence-corrected chi connectivity index (χ3v) is 6.00. The van der Waals surface area contributed by atoms with E-state index in [-0.39, 0.29) is 24.0 Å². The van der Waals surface area contributed by atoms with Gasteiger partial charge in [0.1, 0.15) is 0 Å². The maximum Gasteiger partial charge on any atom is 0.0997 e. The van der Waals surface area contributed by atoms with Crippen LogP contribution in [0.2, 0.25) is 0 Å². The van der Waals surface area contributed by atoms with E-state index in [0.717, 1.165) is 52.2 Å². The summed E-state index contributed by atoms with van der Waals surface area (Å²) in [6.45, 7) is 33.9. The predicted octanol–water partition coefficient (Wildman–Crippen LogP) is 7.71. The van der Waals surface area contributed by atoms with Crippen molar-refractivity contribution in [3.05, 3.63) is 18.7 Å². The van der Waals surface area contributed by atoms with Gasteiger partial charge in [-0.05, 0) is 78.1 Å². The van der Waals surface area contributed by atoms with E-state index in [9.17, 15) is 0 Å². The first-order valence-electron chi connectivity index (χ1n) is 15.1. The van der Waals surface area contributed by atoms with Crippen LogP contribution < -0.4 is 0 Å². The Kier molecular flexibility index (Phi) is 17.4. The molecular weight excluding hydrogens is 500 g/mol. The van der Waals surface area contributed by atoms with E-state index >= 15 is 0 Å². The lowest BCUT2D eigenvalue weighted by Crippen LogP contribution is -2.39. The molecule has 2 rings (SSSR count). The van der Waals surface area contributed by atoms with Crippen LogP contribution in [0.25, 0.3) is 0 Å². The molecule has 0 bridgehead atoms. The molecule has 0 aromatic carbocycles. The van der Waals surface area contributed by atoms with Crippen molar-refractivity contribution in [2.24, 2.45) is 10.8 Å². The van der Waals surface area contributed by atoms with Crippen LogP contribution in [-0.4, -0.2) is 82.9 Å². The molecule has 0 N–H and O–H groups in total. The molecule has 2 heterocycles. The normalized spacial score (nSPS) is 16.7. The van der Waals surface area contributed by atoms with Gasteiger partial charge in [-0.15, -0.1) is 0 Å². The number of nitrogens with zero attached hydrogens (tertiary/aromatic N) is 4. The molecule has 1 saturated heterocycles. The van der Waals surface area contributed by atoms with E-state index < -0.39 is 0 Å². The van der Waals surface area contributed by atoms with Crippen LogP contribution in [0.5, 0.6) is 0 Å². The molecule has 1 aliphatic heterocycles. The fourth-order valence-corrected chi connectivity index (χ4v) is 4.38. The van der Waals surface area contributed by atoms with Gasteiger partial charge in [-0.3, -0.25) is 9.80 Å². The highest BCUT2D eigenvalue weighted by molar-refractivity contribution is 4.75. The van der Waals surface area contributed by atoms with Crippen molar-refractivity contribution in [1.29, 1.82) is 0 Å². The fraction of sp³-hybridized carbons (Fsp3) is 0.909. The monoisotopic (exact) mass is 569 g/mol. The average molecular weight is 569 g/mol. The summed E-state index contributed by atoms with van der Waals surface area (Å²) in [7, 11) is 0. The van der Waals surface area contributed by atoms with Crippen molar-refractivity contribution < 1.29 is 14.2 Å². The second-order valence-electron chi connectivity index (χ2n) is 15.6. The Morgan fingerprint density at radius 2 is 1.35 bits per heavy atom. The molecule has 1 aliphatic rings. The first kappa shape index (κ1) is 39.0. The van der Waals surface area contributed by atoms with Crippen molar-refractivity contribution in [1.82, 2.24) is 19.4 Å². The smallest absolute Gasteiger partial charge is 0.0997 e. The van der Waals surface area contributed by atoms with Gasteiger partial charge in [-0.1, -0.05) is 49.0 Å². The molecule has 1 fully saturated rings. The minimum atomic E-state index is -0.0829. The van der Waals surface area contributed by atoms with E-state index in [2.05, 4.69) is 102 Å². The van der Waals surface area contributed by atoms with Crippen molar-refractivity contribution in [3.63, 3.8) is 0 Å². The van der Waals surface area contributed by atoms with Gasteiger partial charge < -0.3 is 18.8 Å². The number of hydrogen-bond acceptors (Lipinski definition) is 6. The Hall–Kier alpha value is -0.990. The summed E-state index contributed by atoms with van der Waals surface area (Å²) in [5.74, 6) is 0. The molecule has 0 saturated carbocycles. The topological polar surface area (TPSA) is 52.0 Å². The zero-order valence-electron chi connectivity index (χ0n) is 27.8. The molecule has 1 atom stereocenters. The highest BCUT2D eigenvalue weighted by Gasteiger charge is 2.22. The van der Waals surface area contributed by atoms with Gasteiger partial charge in [0.2, 0.25) is 0 Å². The maximum absolute atomic E-state index is 5.94. The van der Waals surface area contributed by atoms with Crippen LogP contribution in [0, 0.1) is 10.8 Å². The van der Waals surface area contributed by atoms with Crippen LogP contribution >= 0.6 is 0 Å². The molecule has 1 aromatic rings. The van der Waals surface area contributed by atoms with Crippen molar-refractivity contribution in [2.75, 3.05) is 46.2 Å². The van der Waals surface area contributed by atoms with Crippen molar-refractivity contribution in [3.8, 4) is 0 Å². The molecule has 0 spiro atoms. The molecule has 7 nitrogen and oxygen atoms in total. The maximum atomic E-state index is 5.94. The zero-order valence-corrected chi connectivity index (χ0v) is 27.8. The number of imidazole rings is 1. The Balaban J connectivity index is 0.000000743. The summed E-state index contributed by atoms with van der Waals surface area (Å²) in [6.07, 6.45) is 10.9. The molecule has 1 aromatic heterocycles. The quantitative estimate of drug-likeness (QED) is 0.227. The lowest BCUT2D eigenvalue weighted by molar-refractivity contribution is -0.0735. The first-order valence-corrected chi connectivity index (χ1v) is 15.1. The third-order valence-electron chi connectivity index (χ3n) is 6.00. The van der Waals surface area contributed by atoms with Crippen LogP contribution in [0.4, 0.5) is 0 Å². The highest BCUT2D eigenvalue weighted by Crippen LogP contribution is 2.20. The first-order chi connectivity index (χ1) is 17.8. The van der Waals surface area contributed by atoms with Crippen LogP contribution in [0.1, 0.15) is 116 Å². The van der Waals surface area contributed by atoms with E-state index in [1.807, 2.05) is 18.7 Å². The Morgan fingerprint density at radius 3 is 1.75 bits per heavy atom. The largest absolute Gasteiger partial charge is 0.378 e. The van der Waals surface area contributed by atoms with Gasteiger partial charge in [0.15, 0.2) is 0 Å². The highest BCUT2D eigenvalue weighted by atomic mass is 16.5. The van der Waals surface area contributed by atoms with Crippen molar-refractivity contribution in [2.45, 2.75) is 140 Å².